The van der Waals surface area contributed by atoms with E-state index in [1.165, 1.54) is 6.33 Å². The van der Waals surface area contributed by atoms with Gasteiger partial charge < -0.3 is 20.3 Å². The third-order valence-electron chi connectivity index (χ3n) is 2.98. The topological polar surface area (TPSA) is 79.4 Å². The van der Waals surface area contributed by atoms with E-state index in [-0.39, 0.29) is 11.9 Å². The molecule has 19 heavy (non-hydrogen) atoms. The number of nitrogens with one attached hydrogen (secondary N) is 2. The average Bonchev–Trinajstić information content (AvgIpc) is 2.47. The van der Waals surface area contributed by atoms with Crippen molar-refractivity contribution >= 4 is 17.5 Å². The number of morpholine rings is 1. The summed E-state index contributed by atoms with van der Waals surface area (Å²) in [6.45, 7) is 4.34. The minimum atomic E-state index is -0.322. The standard InChI is InChI=1S/C12H19N5O2/c1-9(12(18)17-3-5-19-6-4-17)16-11-7-10(13-2)14-8-15-11/h7-9H,3-6H2,1-2H3,(H2,13,14,15,16). The van der Waals surface area contributed by atoms with E-state index in [0.717, 1.165) is 0 Å². The van der Waals surface area contributed by atoms with Crippen molar-refractivity contribution < 1.29 is 9.53 Å². The summed E-state index contributed by atoms with van der Waals surface area (Å²) in [6, 6.07) is 1.45. The maximum Gasteiger partial charge on any atom is 0.244 e. The number of carbonyl (C=O) groups is 1. The van der Waals surface area contributed by atoms with Gasteiger partial charge in [-0.25, -0.2) is 9.97 Å². The number of nitrogens with zero attached hydrogens (tertiary/aromatic N) is 3. The summed E-state index contributed by atoms with van der Waals surface area (Å²) in [5, 5.41) is 6.02. The lowest BCUT2D eigenvalue weighted by molar-refractivity contribution is -0.135. The van der Waals surface area contributed by atoms with Crippen molar-refractivity contribution in [1.82, 2.24) is 14.9 Å². The lowest BCUT2D eigenvalue weighted by Crippen LogP contribution is -2.47. The summed E-state index contributed by atoms with van der Waals surface area (Å²) in [5.41, 5.74) is 0. The molecule has 7 nitrogen and oxygen atoms in total. The fourth-order valence-electron chi connectivity index (χ4n) is 1.91. The van der Waals surface area contributed by atoms with Crippen LogP contribution in [-0.4, -0.2) is 60.2 Å². The zero-order valence-corrected chi connectivity index (χ0v) is 11.2. The van der Waals surface area contributed by atoms with Gasteiger partial charge in [-0.15, -0.1) is 0 Å². The highest BCUT2D eigenvalue weighted by Gasteiger charge is 2.22. The Balaban J connectivity index is 1.95. The molecule has 2 rings (SSSR count). The number of rotatable bonds is 4. The smallest absolute Gasteiger partial charge is 0.244 e. The number of hydrogen-bond acceptors (Lipinski definition) is 6. The molecule has 1 amide bonds. The molecule has 1 fully saturated rings. The molecule has 0 bridgehead atoms. The minimum Gasteiger partial charge on any atom is -0.378 e. The van der Waals surface area contributed by atoms with Gasteiger partial charge in [0.05, 0.1) is 13.2 Å². The molecule has 2 N–H and O–H groups in total. The van der Waals surface area contributed by atoms with Crippen molar-refractivity contribution in [3.05, 3.63) is 12.4 Å². The lowest BCUT2D eigenvalue weighted by atomic mass is 10.2. The maximum absolute atomic E-state index is 12.2. The van der Waals surface area contributed by atoms with Crippen LogP contribution in [0.5, 0.6) is 0 Å². The predicted molar refractivity (Wildman–Crippen MR) is 72.1 cm³/mol. The average molecular weight is 265 g/mol. The van der Waals surface area contributed by atoms with Crippen molar-refractivity contribution in [2.45, 2.75) is 13.0 Å². The zero-order valence-electron chi connectivity index (χ0n) is 11.2. The van der Waals surface area contributed by atoms with Crippen LogP contribution < -0.4 is 10.6 Å². The van der Waals surface area contributed by atoms with Crippen LogP contribution in [0.1, 0.15) is 6.92 Å². The van der Waals surface area contributed by atoms with Crippen LogP contribution in [0, 0.1) is 0 Å². The third kappa shape index (κ3) is 3.54. The first-order valence-corrected chi connectivity index (χ1v) is 6.33. The van der Waals surface area contributed by atoms with Crippen molar-refractivity contribution in [2.24, 2.45) is 0 Å². The zero-order chi connectivity index (χ0) is 13.7. The van der Waals surface area contributed by atoms with Gasteiger partial charge in [-0.05, 0) is 6.92 Å². The minimum absolute atomic E-state index is 0.0629. The SMILES string of the molecule is CNc1cc(NC(C)C(=O)N2CCOCC2)ncn1. The van der Waals surface area contributed by atoms with Gasteiger partial charge in [-0.3, -0.25) is 4.79 Å². The third-order valence-corrected chi connectivity index (χ3v) is 2.98. The second-order valence-electron chi connectivity index (χ2n) is 4.34. The summed E-state index contributed by atoms with van der Waals surface area (Å²) >= 11 is 0. The fourth-order valence-corrected chi connectivity index (χ4v) is 1.91. The van der Waals surface area contributed by atoms with Crippen molar-refractivity contribution in [1.29, 1.82) is 0 Å². The number of amides is 1. The molecule has 0 saturated carbocycles. The molecule has 7 heteroatoms. The van der Waals surface area contributed by atoms with Crippen LogP contribution in [0.2, 0.25) is 0 Å². The first-order valence-electron chi connectivity index (χ1n) is 6.33. The summed E-state index contributed by atoms with van der Waals surface area (Å²) in [4.78, 5) is 22.1. The molecule has 1 aromatic heterocycles. The quantitative estimate of drug-likeness (QED) is 0.808. The van der Waals surface area contributed by atoms with E-state index in [9.17, 15) is 4.79 Å². The Morgan fingerprint density at radius 3 is 2.74 bits per heavy atom. The first kappa shape index (κ1) is 13.5. The molecular weight excluding hydrogens is 246 g/mol. The van der Waals surface area contributed by atoms with Gasteiger partial charge in [0.25, 0.3) is 0 Å². The van der Waals surface area contributed by atoms with E-state index < -0.39 is 0 Å². The number of carbonyl (C=O) groups excluding carboxylic acids is 1. The molecule has 1 aliphatic rings. The van der Waals surface area contributed by atoms with Gasteiger partial charge in [0, 0.05) is 26.2 Å². The Morgan fingerprint density at radius 1 is 1.37 bits per heavy atom. The van der Waals surface area contributed by atoms with Gasteiger partial charge in [0.1, 0.15) is 24.0 Å². The molecule has 0 radical (unpaired) electrons. The van der Waals surface area contributed by atoms with Gasteiger partial charge in [-0.2, -0.15) is 0 Å². The summed E-state index contributed by atoms with van der Waals surface area (Å²) in [5.74, 6) is 1.41. The number of ether oxygens (including phenoxy) is 1. The highest BCUT2D eigenvalue weighted by Crippen LogP contribution is 2.10. The molecular formula is C12H19N5O2. The summed E-state index contributed by atoms with van der Waals surface area (Å²) in [7, 11) is 1.79. The molecule has 2 heterocycles. The molecule has 0 aliphatic carbocycles. The van der Waals surface area contributed by atoms with E-state index in [2.05, 4.69) is 20.6 Å². The summed E-state index contributed by atoms with van der Waals surface area (Å²) < 4.78 is 5.23. The Kier molecular flexibility index (Phi) is 4.51. The Hall–Kier alpha value is -1.89. The Labute approximate surface area is 112 Å². The highest BCUT2D eigenvalue weighted by molar-refractivity contribution is 5.84. The molecule has 1 saturated heterocycles. The largest absolute Gasteiger partial charge is 0.378 e. The molecule has 1 aromatic rings. The molecule has 0 spiro atoms. The number of anilines is 2. The highest BCUT2D eigenvalue weighted by atomic mass is 16.5. The lowest BCUT2D eigenvalue weighted by Gasteiger charge is -2.29. The normalized spacial score (nSPS) is 16.8. The van der Waals surface area contributed by atoms with Crippen LogP contribution >= 0.6 is 0 Å². The van der Waals surface area contributed by atoms with E-state index >= 15 is 0 Å². The van der Waals surface area contributed by atoms with Crippen molar-refractivity contribution in [3.63, 3.8) is 0 Å². The van der Waals surface area contributed by atoms with Crippen LogP contribution in [0.3, 0.4) is 0 Å². The molecule has 1 atom stereocenters. The molecule has 1 unspecified atom stereocenters. The second kappa shape index (κ2) is 6.33. The van der Waals surface area contributed by atoms with Gasteiger partial charge >= 0.3 is 0 Å². The van der Waals surface area contributed by atoms with Gasteiger partial charge in [0.15, 0.2) is 0 Å². The van der Waals surface area contributed by atoms with E-state index in [4.69, 9.17) is 4.74 Å². The fraction of sp³-hybridized carbons (Fsp3) is 0.583. The maximum atomic E-state index is 12.2. The predicted octanol–water partition coefficient (Wildman–Crippen LogP) is 0.178. The molecule has 0 aromatic carbocycles. The molecule has 1 aliphatic heterocycles. The van der Waals surface area contributed by atoms with Crippen LogP contribution in [0.25, 0.3) is 0 Å². The number of hydrogen-bond donors (Lipinski definition) is 2. The Bertz CT molecular complexity index is 434. The van der Waals surface area contributed by atoms with Crippen molar-refractivity contribution in [2.75, 3.05) is 44.0 Å². The van der Waals surface area contributed by atoms with E-state index in [0.29, 0.717) is 37.9 Å². The van der Waals surface area contributed by atoms with Crippen LogP contribution in [0.4, 0.5) is 11.6 Å². The van der Waals surface area contributed by atoms with Crippen molar-refractivity contribution in [3.8, 4) is 0 Å². The van der Waals surface area contributed by atoms with E-state index in [1.54, 1.807) is 18.0 Å². The van der Waals surface area contributed by atoms with Gasteiger partial charge in [-0.1, -0.05) is 0 Å². The molecule has 104 valence electrons. The van der Waals surface area contributed by atoms with Crippen LogP contribution in [-0.2, 0) is 9.53 Å². The van der Waals surface area contributed by atoms with Gasteiger partial charge in [0.2, 0.25) is 5.91 Å². The first-order chi connectivity index (χ1) is 9.20. The Morgan fingerprint density at radius 2 is 2.05 bits per heavy atom. The number of aromatic nitrogens is 2. The summed E-state index contributed by atoms with van der Waals surface area (Å²) in [6.07, 6.45) is 1.46. The second-order valence-corrected chi connectivity index (χ2v) is 4.34. The van der Waals surface area contributed by atoms with E-state index in [1.807, 2.05) is 6.92 Å². The monoisotopic (exact) mass is 265 g/mol. The van der Waals surface area contributed by atoms with Crippen LogP contribution in [0.15, 0.2) is 12.4 Å².